The number of rotatable bonds is 5. The van der Waals surface area contributed by atoms with Crippen molar-refractivity contribution in [3.8, 4) is 0 Å². The first-order valence-electron chi connectivity index (χ1n) is 8.64. The predicted molar refractivity (Wildman–Crippen MR) is 108 cm³/mol. The lowest BCUT2D eigenvalue weighted by Crippen LogP contribution is -2.23. The summed E-state index contributed by atoms with van der Waals surface area (Å²) in [6.07, 6.45) is 2.92. The minimum absolute atomic E-state index is 0.0695. The van der Waals surface area contributed by atoms with Crippen LogP contribution in [0.2, 0.25) is 0 Å². The molecule has 4 aromatic rings. The van der Waals surface area contributed by atoms with Crippen LogP contribution in [-0.2, 0) is 16.4 Å². The van der Waals surface area contributed by atoms with Gasteiger partial charge in [-0.2, -0.15) is 0 Å². The van der Waals surface area contributed by atoms with E-state index < -0.39 is 9.84 Å². The summed E-state index contributed by atoms with van der Waals surface area (Å²) in [6, 6.07) is 15.4. The number of fused-ring (bicyclic) bond motifs is 3. The summed E-state index contributed by atoms with van der Waals surface area (Å²) in [4.78, 5) is 17.7. The highest BCUT2D eigenvalue weighted by atomic mass is 32.2. The Hall–Kier alpha value is -2.77. The molecular formula is C20H19N3O3S. The third kappa shape index (κ3) is 3.56. The van der Waals surface area contributed by atoms with E-state index >= 15 is 0 Å². The fourth-order valence-corrected chi connectivity index (χ4v) is 3.70. The van der Waals surface area contributed by atoms with E-state index in [1.165, 1.54) is 6.26 Å². The van der Waals surface area contributed by atoms with Gasteiger partial charge in [-0.3, -0.25) is 9.20 Å². The lowest BCUT2D eigenvalue weighted by atomic mass is 10.1. The summed E-state index contributed by atoms with van der Waals surface area (Å²) in [7, 11) is -3.01. The molecule has 6 nitrogen and oxygen atoms in total. The first kappa shape index (κ1) is 17.6. The van der Waals surface area contributed by atoms with Crippen molar-refractivity contribution in [1.29, 1.82) is 0 Å². The monoisotopic (exact) mass is 381 g/mol. The van der Waals surface area contributed by atoms with Crippen LogP contribution in [0.5, 0.6) is 0 Å². The number of aromatic nitrogens is 2. The molecule has 0 unspecified atom stereocenters. The Balaban J connectivity index is 1.80. The van der Waals surface area contributed by atoms with Gasteiger partial charge in [0.1, 0.15) is 15.5 Å². The molecule has 0 fully saturated rings. The second kappa shape index (κ2) is 6.75. The van der Waals surface area contributed by atoms with Crippen LogP contribution >= 0.6 is 0 Å². The third-order valence-corrected chi connectivity index (χ3v) is 5.50. The summed E-state index contributed by atoms with van der Waals surface area (Å²) in [6.45, 7) is 0.785. The molecule has 0 spiro atoms. The van der Waals surface area contributed by atoms with Gasteiger partial charge in [0.05, 0.1) is 16.7 Å². The Morgan fingerprint density at radius 3 is 2.56 bits per heavy atom. The number of benzene rings is 2. The van der Waals surface area contributed by atoms with Gasteiger partial charge >= 0.3 is 0 Å². The van der Waals surface area contributed by atoms with Crippen LogP contribution in [0.25, 0.3) is 27.3 Å². The van der Waals surface area contributed by atoms with Crippen molar-refractivity contribution in [2.75, 3.05) is 18.6 Å². The maximum Gasteiger partial charge on any atom is 0.265 e. The smallest absolute Gasteiger partial charge is 0.265 e. The van der Waals surface area contributed by atoms with E-state index in [-0.39, 0.29) is 11.3 Å². The van der Waals surface area contributed by atoms with Gasteiger partial charge < -0.3 is 5.32 Å². The molecule has 0 aliphatic heterocycles. The lowest BCUT2D eigenvalue weighted by molar-refractivity contribution is 0.596. The molecule has 1 N–H and O–H groups in total. The maximum absolute atomic E-state index is 13.0. The fraction of sp³-hybridized carbons (Fsp3) is 0.200. The zero-order chi connectivity index (χ0) is 19.0. The van der Waals surface area contributed by atoms with Gasteiger partial charge in [-0.25, -0.2) is 13.4 Å². The summed E-state index contributed by atoms with van der Waals surface area (Å²) in [5.74, 6) is 0.0695. The van der Waals surface area contributed by atoms with Gasteiger partial charge in [-0.05, 0) is 29.0 Å². The average molecular weight is 381 g/mol. The minimum Gasteiger partial charge on any atom is -0.312 e. The molecule has 0 saturated heterocycles. The first-order valence-corrected chi connectivity index (χ1v) is 10.7. The zero-order valence-electron chi connectivity index (χ0n) is 14.8. The molecule has 0 radical (unpaired) electrons. The van der Waals surface area contributed by atoms with Crippen molar-refractivity contribution in [2.45, 2.75) is 6.54 Å². The summed E-state index contributed by atoms with van der Waals surface area (Å²) in [5, 5.41) is 5.72. The molecule has 0 atom stereocenters. The Morgan fingerprint density at radius 1 is 1.07 bits per heavy atom. The van der Waals surface area contributed by atoms with E-state index in [1.807, 2.05) is 42.5 Å². The SMILES string of the molecule is CS(=O)(=O)CCNCc1cccn2c(=O)c3cc4ccccc4cc3nc12. The highest BCUT2D eigenvalue weighted by Crippen LogP contribution is 2.20. The molecule has 2 aromatic carbocycles. The van der Waals surface area contributed by atoms with Crippen LogP contribution in [-0.4, -0.2) is 36.4 Å². The van der Waals surface area contributed by atoms with Crippen molar-refractivity contribution >= 4 is 37.2 Å². The quantitative estimate of drug-likeness (QED) is 0.423. The Kier molecular flexibility index (Phi) is 4.41. The van der Waals surface area contributed by atoms with Gasteiger partial charge in [0.2, 0.25) is 0 Å². The number of pyridine rings is 1. The molecule has 2 aromatic heterocycles. The molecule has 138 valence electrons. The second-order valence-electron chi connectivity index (χ2n) is 6.67. The average Bonchev–Trinajstić information content (AvgIpc) is 2.64. The van der Waals surface area contributed by atoms with Crippen molar-refractivity contribution in [1.82, 2.24) is 14.7 Å². The number of hydrogen-bond donors (Lipinski definition) is 1. The molecule has 0 bridgehead atoms. The van der Waals surface area contributed by atoms with Crippen molar-refractivity contribution in [3.05, 3.63) is 70.6 Å². The van der Waals surface area contributed by atoms with Gasteiger partial charge in [0, 0.05) is 31.1 Å². The predicted octanol–water partition coefficient (Wildman–Crippen LogP) is 2.14. The Labute approximate surface area is 156 Å². The van der Waals surface area contributed by atoms with E-state index in [1.54, 1.807) is 16.7 Å². The number of sulfone groups is 1. The molecule has 0 aliphatic carbocycles. The van der Waals surface area contributed by atoms with Gasteiger partial charge in [-0.15, -0.1) is 0 Å². The summed E-state index contributed by atoms with van der Waals surface area (Å²) >= 11 is 0. The molecule has 7 heteroatoms. The van der Waals surface area contributed by atoms with Crippen LogP contribution in [0, 0.1) is 0 Å². The highest BCUT2D eigenvalue weighted by molar-refractivity contribution is 7.90. The lowest BCUT2D eigenvalue weighted by Gasteiger charge is -2.10. The summed E-state index contributed by atoms with van der Waals surface area (Å²) < 4.78 is 24.1. The van der Waals surface area contributed by atoms with Crippen LogP contribution in [0.4, 0.5) is 0 Å². The van der Waals surface area contributed by atoms with Crippen LogP contribution < -0.4 is 10.9 Å². The largest absolute Gasteiger partial charge is 0.312 e. The first-order chi connectivity index (χ1) is 12.9. The zero-order valence-corrected chi connectivity index (χ0v) is 15.7. The van der Waals surface area contributed by atoms with Crippen molar-refractivity contribution in [2.24, 2.45) is 0 Å². The molecule has 0 saturated carbocycles. The normalized spacial score (nSPS) is 12.2. The molecule has 2 heterocycles. The third-order valence-electron chi connectivity index (χ3n) is 4.55. The minimum atomic E-state index is -3.01. The molecular weight excluding hydrogens is 362 g/mol. The molecule has 0 aliphatic rings. The number of hydrogen-bond acceptors (Lipinski definition) is 5. The highest BCUT2D eigenvalue weighted by Gasteiger charge is 2.10. The summed E-state index contributed by atoms with van der Waals surface area (Å²) in [5.41, 5.74) is 1.97. The van der Waals surface area contributed by atoms with E-state index in [4.69, 9.17) is 4.98 Å². The van der Waals surface area contributed by atoms with E-state index in [2.05, 4.69) is 5.32 Å². The molecule has 4 rings (SSSR count). The molecule has 0 amide bonds. The Bertz CT molecular complexity index is 1330. The fourth-order valence-electron chi connectivity index (χ4n) is 3.19. The topological polar surface area (TPSA) is 80.5 Å². The number of nitrogens with zero attached hydrogens (tertiary/aromatic N) is 2. The van der Waals surface area contributed by atoms with Crippen LogP contribution in [0.1, 0.15) is 5.56 Å². The Morgan fingerprint density at radius 2 is 1.81 bits per heavy atom. The van der Waals surface area contributed by atoms with E-state index in [9.17, 15) is 13.2 Å². The van der Waals surface area contributed by atoms with Gasteiger partial charge in [-0.1, -0.05) is 30.3 Å². The maximum atomic E-state index is 13.0. The van der Waals surface area contributed by atoms with Gasteiger partial charge in [0.25, 0.3) is 5.56 Å². The van der Waals surface area contributed by atoms with Crippen molar-refractivity contribution in [3.63, 3.8) is 0 Å². The van der Waals surface area contributed by atoms with Crippen molar-refractivity contribution < 1.29 is 8.42 Å². The standard InChI is InChI=1S/C20H19N3O3S/c1-27(25,26)10-8-21-13-16-7-4-9-23-19(16)22-18-12-15-6-3-2-5-14(15)11-17(18)20(23)24/h2-7,9,11-12,21H,8,10,13H2,1H3. The van der Waals surface area contributed by atoms with E-state index in [0.29, 0.717) is 29.6 Å². The van der Waals surface area contributed by atoms with Gasteiger partial charge in [0.15, 0.2) is 0 Å². The van der Waals surface area contributed by atoms with E-state index in [0.717, 1.165) is 16.3 Å². The van der Waals surface area contributed by atoms with Crippen LogP contribution in [0.15, 0.2) is 59.5 Å². The molecule has 27 heavy (non-hydrogen) atoms. The number of nitrogens with one attached hydrogen (secondary N) is 1. The van der Waals surface area contributed by atoms with Crippen LogP contribution in [0.3, 0.4) is 0 Å². The second-order valence-corrected chi connectivity index (χ2v) is 8.93.